The van der Waals surface area contributed by atoms with Gasteiger partial charge in [-0.2, -0.15) is 8.78 Å². The van der Waals surface area contributed by atoms with Gasteiger partial charge >= 0.3 is 6.61 Å². The summed E-state index contributed by atoms with van der Waals surface area (Å²) < 4.78 is 34.7. The highest BCUT2D eigenvalue weighted by Crippen LogP contribution is 2.23. The number of aryl methyl sites for hydroxylation is 1. The minimum absolute atomic E-state index is 0.0944. The van der Waals surface area contributed by atoms with E-state index in [1.54, 1.807) is 19.2 Å². The fraction of sp³-hybridized carbons (Fsp3) is 0.278. The molecule has 0 saturated heterocycles. The van der Waals surface area contributed by atoms with Crippen LogP contribution in [0.25, 0.3) is 0 Å². The van der Waals surface area contributed by atoms with Crippen molar-refractivity contribution in [3.05, 3.63) is 59.2 Å². The SMILES string of the molecule is COCc1ccccc1NC(N)=NCc1cc(C)ccc1OC(F)F. The highest BCUT2D eigenvalue weighted by molar-refractivity contribution is 5.93. The second kappa shape index (κ2) is 8.98. The van der Waals surface area contributed by atoms with Crippen LogP contribution in [-0.2, 0) is 17.9 Å². The van der Waals surface area contributed by atoms with Crippen molar-refractivity contribution in [1.29, 1.82) is 0 Å². The van der Waals surface area contributed by atoms with Gasteiger partial charge in [0, 0.05) is 23.9 Å². The van der Waals surface area contributed by atoms with Gasteiger partial charge in [0.15, 0.2) is 5.96 Å². The van der Waals surface area contributed by atoms with Crippen molar-refractivity contribution >= 4 is 11.6 Å². The van der Waals surface area contributed by atoms with E-state index in [0.717, 1.165) is 16.8 Å². The minimum atomic E-state index is -2.89. The Morgan fingerprint density at radius 1 is 1.20 bits per heavy atom. The zero-order valence-electron chi connectivity index (χ0n) is 14.1. The molecular weight excluding hydrogens is 328 g/mol. The number of para-hydroxylation sites is 1. The van der Waals surface area contributed by atoms with Crippen molar-refractivity contribution in [3.63, 3.8) is 0 Å². The summed E-state index contributed by atoms with van der Waals surface area (Å²) in [5, 5.41) is 3.00. The number of benzene rings is 2. The maximum absolute atomic E-state index is 12.5. The number of halogens is 2. The molecule has 0 fully saturated rings. The van der Waals surface area contributed by atoms with Crippen molar-refractivity contribution in [3.8, 4) is 5.75 Å². The molecule has 0 amide bonds. The Labute approximate surface area is 145 Å². The van der Waals surface area contributed by atoms with Crippen molar-refractivity contribution in [2.75, 3.05) is 12.4 Å². The second-order valence-corrected chi connectivity index (χ2v) is 5.41. The molecule has 25 heavy (non-hydrogen) atoms. The van der Waals surface area contributed by atoms with Crippen LogP contribution in [0.5, 0.6) is 5.75 Å². The average Bonchev–Trinajstić information content (AvgIpc) is 2.57. The third-order valence-electron chi connectivity index (χ3n) is 3.43. The molecule has 7 heteroatoms. The molecule has 0 aromatic heterocycles. The normalized spacial score (nSPS) is 11.6. The van der Waals surface area contributed by atoms with Gasteiger partial charge in [0.05, 0.1) is 13.2 Å². The number of ether oxygens (including phenoxy) is 2. The molecule has 0 bridgehead atoms. The Hall–Kier alpha value is -2.67. The largest absolute Gasteiger partial charge is 0.434 e. The maximum Gasteiger partial charge on any atom is 0.387 e. The zero-order chi connectivity index (χ0) is 18.2. The van der Waals surface area contributed by atoms with E-state index >= 15 is 0 Å². The van der Waals surface area contributed by atoms with Crippen LogP contribution in [0.4, 0.5) is 14.5 Å². The molecule has 0 spiro atoms. The summed E-state index contributed by atoms with van der Waals surface area (Å²) >= 11 is 0. The van der Waals surface area contributed by atoms with Crippen molar-refractivity contribution < 1.29 is 18.3 Å². The molecule has 0 aliphatic heterocycles. The topological polar surface area (TPSA) is 68.9 Å². The van der Waals surface area contributed by atoms with Crippen molar-refractivity contribution in [2.24, 2.45) is 10.7 Å². The van der Waals surface area contributed by atoms with E-state index in [0.29, 0.717) is 12.2 Å². The first-order valence-corrected chi connectivity index (χ1v) is 7.67. The molecule has 0 unspecified atom stereocenters. The van der Waals surface area contributed by atoms with Gasteiger partial charge in [0.2, 0.25) is 0 Å². The van der Waals surface area contributed by atoms with Gasteiger partial charge < -0.3 is 20.5 Å². The number of rotatable bonds is 7. The Bertz CT molecular complexity index is 736. The molecular formula is C18H21F2N3O2. The lowest BCUT2D eigenvalue weighted by Crippen LogP contribution is -2.23. The van der Waals surface area contributed by atoms with Gasteiger partial charge in [0.1, 0.15) is 5.75 Å². The number of nitrogens with two attached hydrogens (primary N) is 1. The number of aliphatic imine (C=N–C) groups is 1. The van der Waals surface area contributed by atoms with E-state index < -0.39 is 6.61 Å². The van der Waals surface area contributed by atoms with Gasteiger partial charge in [-0.05, 0) is 19.1 Å². The summed E-state index contributed by atoms with van der Waals surface area (Å²) in [7, 11) is 1.61. The molecule has 5 nitrogen and oxygen atoms in total. The van der Waals surface area contributed by atoms with Crippen LogP contribution in [-0.4, -0.2) is 19.7 Å². The summed E-state index contributed by atoms with van der Waals surface area (Å²) in [5.41, 5.74) is 9.08. The van der Waals surface area contributed by atoms with Crippen LogP contribution in [0, 0.1) is 6.92 Å². The summed E-state index contributed by atoms with van der Waals surface area (Å²) in [6, 6.07) is 12.5. The molecule has 134 valence electrons. The summed E-state index contributed by atoms with van der Waals surface area (Å²) in [6.45, 7) is -0.473. The first kappa shape index (κ1) is 18.7. The fourth-order valence-electron chi connectivity index (χ4n) is 2.31. The summed E-state index contributed by atoms with van der Waals surface area (Å²) in [5.74, 6) is 0.269. The third-order valence-corrected chi connectivity index (χ3v) is 3.43. The summed E-state index contributed by atoms with van der Waals surface area (Å²) in [6.07, 6.45) is 0. The standard InChI is InChI=1S/C18H21F2N3O2/c1-12-7-8-16(25-17(19)20)14(9-12)10-22-18(21)23-15-6-4-3-5-13(15)11-24-2/h3-9,17H,10-11H2,1-2H3,(H3,21,22,23). The van der Waals surface area contributed by atoms with Gasteiger partial charge in [-0.1, -0.05) is 35.9 Å². The van der Waals surface area contributed by atoms with E-state index in [4.69, 9.17) is 10.5 Å². The van der Waals surface area contributed by atoms with Crippen molar-refractivity contribution in [2.45, 2.75) is 26.7 Å². The maximum atomic E-state index is 12.5. The van der Waals surface area contributed by atoms with Gasteiger partial charge in [0.25, 0.3) is 0 Å². The molecule has 3 N–H and O–H groups in total. The average molecular weight is 349 g/mol. The Kier molecular flexibility index (Phi) is 6.71. The lowest BCUT2D eigenvalue weighted by Gasteiger charge is -2.12. The number of hydrogen-bond acceptors (Lipinski definition) is 3. The van der Waals surface area contributed by atoms with E-state index in [2.05, 4.69) is 15.0 Å². The number of nitrogens with one attached hydrogen (secondary N) is 1. The predicted octanol–water partition coefficient (Wildman–Crippen LogP) is 3.67. The first-order chi connectivity index (χ1) is 12.0. The summed E-state index contributed by atoms with van der Waals surface area (Å²) in [4.78, 5) is 4.22. The van der Waals surface area contributed by atoms with E-state index in [1.807, 2.05) is 31.2 Å². The predicted molar refractivity (Wildman–Crippen MR) is 93.9 cm³/mol. The van der Waals surface area contributed by atoms with Crippen LogP contribution < -0.4 is 15.8 Å². The quantitative estimate of drug-likeness (QED) is 0.591. The first-order valence-electron chi connectivity index (χ1n) is 7.67. The third kappa shape index (κ3) is 5.72. The number of anilines is 1. The molecule has 0 saturated carbocycles. The van der Waals surface area contributed by atoms with Crippen LogP contribution in [0.2, 0.25) is 0 Å². The monoisotopic (exact) mass is 349 g/mol. The van der Waals surface area contributed by atoms with Crippen molar-refractivity contribution in [1.82, 2.24) is 0 Å². The zero-order valence-corrected chi connectivity index (χ0v) is 14.1. The highest BCUT2D eigenvalue weighted by atomic mass is 19.3. The number of alkyl halides is 2. The molecule has 2 aromatic rings. The molecule has 0 atom stereocenters. The Morgan fingerprint density at radius 2 is 1.96 bits per heavy atom. The molecule has 2 rings (SSSR count). The molecule has 0 radical (unpaired) electrons. The van der Waals surface area contributed by atoms with Crippen LogP contribution in [0.3, 0.4) is 0 Å². The smallest absolute Gasteiger partial charge is 0.387 e. The Balaban J connectivity index is 2.12. The Morgan fingerprint density at radius 3 is 2.68 bits per heavy atom. The van der Waals surface area contributed by atoms with E-state index in [9.17, 15) is 8.78 Å². The number of methoxy groups -OCH3 is 1. The molecule has 0 aliphatic rings. The van der Waals surface area contributed by atoms with E-state index in [-0.39, 0.29) is 18.3 Å². The number of guanidine groups is 1. The fourth-order valence-corrected chi connectivity index (χ4v) is 2.31. The second-order valence-electron chi connectivity index (χ2n) is 5.41. The van der Waals surface area contributed by atoms with Crippen LogP contribution >= 0.6 is 0 Å². The van der Waals surface area contributed by atoms with Crippen LogP contribution in [0.1, 0.15) is 16.7 Å². The van der Waals surface area contributed by atoms with Gasteiger partial charge in [-0.25, -0.2) is 4.99 Å². The van der Waals surface area contributed by atoms with E-state index in [1.165, 1.54) is 6.07 Å². The molecule has 2 aromatic carbocycles. The lowest BCUT2D eigenvalue weighted by atomic mass is 10.1. The lowest BCUT2D eigenvalue weighted by molar-refractivity contribution is -0.0504. The highest BCUT2D eigenvalue weighted by Gasteiger charge is 2.10. The van der Waals surface area contributed by atoms with Gasteiger partial charge in [-0.3, -0.25) is 0 Å². The molecule has 0 heterocycles. The van der Waals surface area contributed by atoms with Crippen LogP contribution in [0.15, 0.2) is 47.5 Å². The number of nitrogens with zero attached hydrogens (tertiary/aromatic N) is 1. The minimum Gasteiger partial charge on any atom is -0.434 e. The number of hydrogen-bond donors (Lipinski definition) is 2. The molecule has 0 aliphatic carbocycles. The van der Waals surface area contributed by atoms with Gasteiger partial charge in [-0.15, -0.1) is 0 Å².